The van der Waals surface area contributed by atoms with Gasteiger partial charge < -0.3 is 9.88 Å². The Hall–Kier alpha value is -4.69. The van der Waals surface area contributed by atoms with Crippen LogP contribution in [0.15, 0.2) is 107 Å². The van der Waals surface area contributed by atoms with Gasteiger partial charge in [0.1, 0.15) is 5.00 Å². The van der Waals surface area contributed by atoms with Crippen molar-refractivity contribution in [1.82, 2.24) is 13.9 Å². The van der Waals surface area contributed by atoms with Crippen LogP contribution in [0.4, 0.5) is 10.7 Å². The van der Waals surface area contributed by atoms with Crippen molar-refractivity contribution >= 4 is 27.9 Å². The van der Waals surface area contributed by atoms with Crippen LogP contribution in [0, 0.1) is 13.8 Å². The summed E-state index contributed by atoms with van der Waals surface area (Å²) in [5.74, 6) is -0.215. The van der Waals surface area contributed by atoms with Gasteiger partial charge in [-0.1, -0.05) is 83.6 Å². The Kier molecular flexibility index (Phi) is 7.29. The highest BCUT2D eigenvalue weighted by atomic mass is 32.1. The standard InChI is InChI=1S/C31H29N5O2S/c1-5-20-35-27(23-12-8-6-9-13-23)29(33-28(37)24-18-16-21(2)17-19-24)39-31(35)32-26-22(3)34(4)36(30(26)38)25-14-10-7-11-15-25/h5-19H,1,20H2,2-4H3,(H,33,37). The molecule has 0 spiro atoms. The number of hydrogen-bond donors (Lipinski definition) is 1. The third-order valence-corrected chi connectivity index (χ3v) is 7.53. The molecule has 2 heterocycles. The highest BCUT2D eigenvalue weighted by Gasteiger charge is 2.20. The summed E-state index contributed by atoms with van der Waals surface area (Å²) >= 11 is 1.33. The topological polar surface area (TPSA) is 73.3 Å². The first-order valence-electron chi connectivity index (χ1n) is 12.6. The second-order valence-electron chi connectivity index (χ2n) is 9.17. The Labute approximate surface area is 230 Å². The van der Waals surface area contributed by atoms with E-state index in [1.165, 1.54) is 11.3 Å². The predicted octanol–water partition coefficient (Wildman–Crippen LogP) is 5.99. The number of rotatable bonds is 7. The van der Waals surface area contributed by atoms with Gasteiger partial charge in [0.15, 0.2) is 10.5 Å². The van der Waals surface area contributed by atoms with Crippen molar-refractivity contribution in [3.8, 4) is 16.9 Å². The molecule has 2 aromatic heterocycles. The maximum atomic E-state index is 13.6. The van der Waals surface area contributed by atoms with Gasteiger partial charge in [-0.2, -0.15) is 0 Å². The zero-order chi connectivity index (χ0) is 27.5. The highest BCUT2D eigenvalue weighted by molar-refractivity contribution is 7.14. The van der Waals surface area contributed by atoms with Crippen molar-refractivity contribution in [2.75, 3.05) is 5.32 Å². The molecule has 0 saturated heterocycles. The molecule has 5 aromatic rings. The van der Waals surface area contributed by atoms with Crippen molar-refractivity contribution in [3.05, 3.63) is 130 Å². The summed E-state index contributed by atoms with van der Waals surface area (Å²) < 4.78 is 5.40. The first-order valence-corrected chi connectivity index (χ1v) is 13.4. The average molecular weight is 536 g/mol. The molecule has 1 amide bonds. The number of hydrogen-bond acceptors (Lipinski definition) is 4. The van der Waals surface area contributed by atoms with E-state index < -0.39 is 0 Å². The SMILES string of the molecule is C=CCn1c(-c2ccccc2)c(NC(=O)c2ccc(C)cc2)sc1=Nc1c(C)n(C)n(-c2ccccc2)c1=O. The second kappa shape index (κ2) is 11.0. The van der Waals surface area contributed by atoms with Crippen LogP contribution in [0.2, 0.25) is 0 Å². The predicted molar refractivity (Wildman–Crippen MR) is 158 cm³/mol. The molecule has 0 fully saturated rings. The van der Waals surface area contributed by atoms with Gasteiger partial charge in [-0.15, -0.1) is 6.58 Å². The molecule has 0 bridgehead atoms. The Morgan fingerprint density at radius 3 is 2.26 bits per heavy atom. The number of aromatic nitrogens is 3. The van der Waals surface area contributed by atoms with Gasteiger partial charge in [-0.25, -0.2) is 9.67 Å². The van der Waals surface area contributed by atoms with Crippen LogP contribution in [0.5, 0.6) is 0 Å². The molecule has 196 valence electrons. The van der Waals surface area contributed by atoms with Crippen molar-refractivity contribution in [2.24, 2.45) is 12.0 Å². The number of allylic oxidation sites excluding steroid dienone is 1. The lowest BCUT2D eigenvalue weighted by molar-refractivity contribution is 0.102. The highest BCUT2D eigenvalue weighted by Crippen LogP contribution is 2.32. The number of thiazole rings is 1. The molecule has 5 rings (SSSR count). The van der Waals surface area contributed by atoms with Crippen LogP contribution < -0.4 is 15.7 Å². The second-order valence-corrected chi connectivity index (χ2v) is 10.1. The minimum Gasteiger partial charge on any atom is -0.312 e. The van der Waals surface area contributed by atoms with E-state index in [4.69, 9.17) is 4.99 Å². The van der Waals surface area contributed by atoms with Crippen LogP contribution in [-0.4, -0.2) is 19.8 Å². The average Bonchev–Trinajstić information content (AvgIpc) is 3.38. The Balaban J connectivity index is 1.71. The molecular formula is C31H29N5O2S. The normalized spacial score (nSPS) is 11.5. The number of aryl methyl sites for hydroxylation is 1. The van der Waals surface area contributed by atoms with Crippen LogP contribution in [0.25, 0.3) is 16.9 Å². The summed E-state index contributed by atoms with van der Waals surface area (Å²) in [5, 5.41) is 3.74. The molecule has 0 aliphatic carbocycles. The summed E-state index contributed by atoms with van der Waals surface area (Å²) in [5.41, 5.74) is 4.98. The van der Waals surface area contributed by atoms with E-state index in [0.717, 1.165) is 28.2 Å². The number of nitrogens with zero attached hydrogens (tertiary/aromatic N) is 4. The van der Waals surface area contributed by atoms with Gasteiger partial charge in [0, 0.05) is 24.7 Å². The lowest BCUT2D eigenvalue weighted by Gasteiger charge is -2.10. The quantitative estimate of drug-likeness (QED) is 0.260. The largest absolute Gasteiger partial charge is 0.312 e. The third kappa shape index (κ3) is 5.06. The summed E-state index contributed by atoms with van der Waals surface area (Å²) in [7, 11) is 1.84. The number of benzene rings is 3. The third-order valence-electron chi connectivity index (χ3n) is 6.54. The van der Waals surface area contributed by atoms with Crippen molar-refractivity contribution in [2.45, 2.75) is 20.4 Å². The molecule has 7 nitrogen and oxygen atoms in total. The lowest BCUT2D eigenvalue weighted by Crippen LogP contribution is -2.20. The summed E-state index contributed by atoms with van der Waals surface area (Å²) in [4.78, 5) is 32.3. The fourth-order valence-corrected chi connectivity index (χ4v) is 5.49. The summed E-state index contributed by atoms with van der Waals surface area (Å²) in [6.07, 6.45) is 1.78. The molecule has 8 heteroatoms. The number of carbonyl (C=O) groups excluding carboxylic acids is 1. The number of amides is 1. The van der Waals surface area contributed by atoms with E-state index in [2.05, 4.69) is 11.9 Å². The van der Waals surface area contributed by atoms with Crippen LogP contribution in [0.1, 0.15) is 21.6 Å². The number of carbonyl (C=O) groups is 1. The molecule has 0 aliphatic rings. The lowest BCUT2D eigenvalue weighted by atomic mass is 10.1. The molecule has 39 heavy (non-hydrogen) atoms. The molecule has 0 aliphatic heterocycles. The molecule has 1 N–H and O–H groups in total. The van der Waals surface area contributed by atoms with Crippen LogP contribution in [-0.2, 0) is 13.6 Å². The first kappa shape index (κ1) is 25.9. The first-order chi connectivity index (χ1) is 18.9. The zero-order valence-corrected chi connectivity index (χ0v) is 22.9. The Morgan fingerprint density at radius 1 is 0.974 bits per heavy atom. The fraction of sp³-hybridized carbons (Fsp3) is 0.129. The summed E-state index contributed by atoms with van der Waals surface area (Å²) in [6, 6.07) is 26.8. The number of nitrogens with one attached hydrogen (secondary N) is 1. The van der Waals surface area contributed by atoms with E-state index >= 15 is 0 Å². The molecule has 3 aromatic carbocycles. The monoisotopic (exact) mass is 535 g/mol. The van der Waals surface area contributed by atoms with E-state index in [9.17, 15) is 9.59 Å². The smallest absolute Gasteiger partial charge is 0.297 e. The van der Waals surface area contributed by atoms with Gasteiger partial charge in [-0.3, -0.25) is 14.3 Å². The van der Waals surface area contributed by atoms with Gasteiger partial charge in [0.25, 0.3) is 11.5 Å². The van der Waals surface area contributed by atoms with Gasteiger partial charge in [0.05, 0.1) is 17.1 Å². The zero-order valence-electron chi connectivity index (χ0n) is 22.1. The van der Waals surface area contributed by atoms with Gasteiger partial charge in [0.2, 0.25) is 0 Å². The number of anilines is 1. The molecular weight excluding hydrogens is 506 g/mol. The minimum atomic E-state index is -0.216. The maximum absolute atomic E-state index is 13.6. The molecule has 0 atom stereocenters. The minimum absolute atomic E-state index is 0.215. The van der Waals surface area contributed by atoms with E-state index in [-0.39, 0.29) is 11.5 Å². The van der Waals surface area contributed by atoms with Crippen molar-refractivity contribution < 1.29 is 4.79 Å². The number of para-hydroxylation sites is 1. The molecule has 0 radical (unpaired) electrons. The molecule has 0 unspecified atom stereocenters. The van der Waals surface area contributed by atoms with Crippen molar-refractivity contribution in [1.29, 1.82) is 0 Å². The van der Waals surface area contributed by atoms with E-state index in [1.807, 2.05) is 110 Å². The molecule has 0 saturated carbocycles. The van der Waals surface area contributed by atoms with Crippen LogP contribution in [0.3, 0.4) is 0 Å². The van der Waals surface area contributed by atoms with Crippen molar-refractivity contribution in [3.63, 3.8) is 0 Å². The Morgan fingerprint density at radius 2 is 1.62 bits per heavy atom. The van der Waals surface area contributed by atoms with Gasteiger partial charge >= 0.3 is 0 Å². The Bertz CT molecular complexity index is 1770. The van der Waals surface area contributed by atoms with Gasteiger partial charge in [-0.05, 0) is 38.1 Å². The maximum Gasteiger partial charge on any atom is 0.297 e. The van der Waals surface area contributed by atoms with Crippen LogP contribution >= 0.6 is 11.3 Å². The summed E-state index contributed by atoms with van der Waals surface area (Å²) in [6.45, 7) is 8.25. The van der Waals surface area contributed by atoms with E-state index in [1.54, 1.807) is 15.4 Å². The van der Waals surface area contributed by atoms with E-state index in [0.29, 0.717) is 27.6 Å². The fourth-order valence-electron chi connectivity index (χ4n) is 4.42.